The lowest BCUT2D eigenvalue weighted by molar-refractivity contribution is 0.155. The molecule has 2 saturated carbocycles. The molecule has 1 aromatic carbocycles. The summed E-state index contributed by atoms with van der Waals surface area (Å²) < 4.78 is 0. The highest BCUT2D eigenvalue weighted by atomic mass is 14.4. The molecule has 0 spiro atoms. The van der Waals surface area contributed by atoms with Gasteiger partial charge in [0.1, 0.15) is 0 Å². The highest BCUT2D eigenvalue weighted by Crippen LogP contribution is 2.42. The predicted octanol–water partition coefficient (Wildman–Crippen LogP) is 7.36. The van der Waals surface area contributed by atoms with E-state index in [4.69, 9.17) is 0 Å². The van der Waals surface area contributed by atoms with E-state index < -0.39 is 0 Å². The Balaban J connectivity index is 1.36. The van der Waals surface area contributed by atoms with Crippen LogP contribution in [0.4, 0.5) is 0 Å². The maximum absolute atomic E-state index is 3.80. The number of rotatable bonds is 7. The molecule has 136 valence electrons. The molecule has 0 heteroatoms. The third kappa shape index (κ3) is 5.87. The summed E-state index contributed by atoms with van der Waals surface area (Å²) in [7, 11) is 0. The minimum atomic E-state index is 0.857. The van der Waals surface area contributed by atoms with E-state index in [1.54, 1.807) is 0 Å². The molecule has 2 fully saturated rings. The minimum absolute atomic E-state index is 0.857. The highest BCUT2D eigenvalue weighted by Gasteiger charge is 2.30. The first-order valence-electron chi connectivity index (χ1n) is 10.7. The number of unbranched alkanes of at least 4 members (excludes halogenated alkanes) is 1. The average Bonchev–Trinajstić information content (AvgIpc) is 2.67. The lowest BCUT2D eigenvalue weighted by Gasteiger charge is -2.37. The lowest BCUT2D eigenvalue weighted by atomic mass is 9.68. The summed E-state index contributed by atoms with van der Waals surface area (Å²) in [5, 5.41) is 0. The minimum Gasteiger partial charge on any atom is -0.103 e. The van der Waals surface area contributed by atoms with Crippen LogP contribution in [0.3, 0.4) is 0 Å². The van der Waals surface area contributed by atoms with E-state index in [1.807, 2.05) is 6.08 Å². The first-order chi connectivity index (χ1) is 12.3. The first kappa shape index (κ1) is 18.5. The molecular weight excluding hydrogens is 300 g/mol. The van der Waals surface area contributed by atoms with Crippen molar-refractivity contribution in [3.8, 4) is 0 Å². The largest absolute Gasteiger partial charge is 0.103 e. The van der Waals surface area contributed by atoms with Crippen molar-refractivity contribution in [2.45, 2.75) is 70.6 Å². The fourth-order valence-electron chi connectivity index (χ4n) is 5.12. The summed E-state index contributed by atoms with van der Waals surface area (Å²) in [5.74, 6) is 3.84. The number of hydrogen-bond acceptors (Lipinski definition) is 0. The van der Waals surface area contributed by atoms with Crippen LogP contribution in [0.25, 0.3) is 0 Å². The van der Waals surface area contributed by atoms with Gasteiger partial charge in [0.15, 0.2) is 0 Å². The SMILES string of the molecule is C=CCCC=CC1CCC(C2CCC(Cc3ccccc3)CC2)CC1. The van der Waals surface area contributed by atoms with E-state index in [0.717, 1.165) is 30.1 Å². The second kappa shape index (κ2) is 10.00. The summed E-state index contributed by atoms with van der Waals surface area (Å²) in [6.07, 6.45) is 22.2. The number of benzene rings is 1. The van der Waals surface area contributed by atoms with Crippen LogP contribution < -0.4 is 0 Å². The topological polar surface area (TPSA) is 0 Å². The van der Waals surface area contributed by atoms with Crippen molar-refractivity contribution < 1.29 is 0 Å². The molecule has 0 heterocycles. The van der Waals surface area contributed by atoms with Crippen molar-refractivity contribution >= 4 is 0 Å². The molecule has 0 atom stereocenters. The molecular formula is C25H36. The molecule has 0 aliphatic heterocycles. The second-order valence-corrected chi connectivity index (χ2v) is 8.44. The molecule has 0 amide bonds. The lowest BCUT2D eigenvalue weighted by Crippen LogP contribution is -2.26. The summed E-state index contributed by atoms with van der Waals surface area (Å²) in [6, 6.07) is 11.1. The number of hydrogen-bond donors (Lipinski definition) is 0. The molecule has 0 saturated heterocycles. The molecule has 0 N–H and O–H groups in total. The van der Waals surface area contributed by atoms with Gasteiger partial charge >= 0.3 is 0 Å². The first-order valence-corrected chi connectivity index (χ1v) is 10.7. The van der Waals surface area contributed by atoms with Gasteiger partial charge in [0.25, 0.3) is 0 Å². The Hall–Kier alpha value is -1.30. The van der Waals surface area contributed by atoms with Crippen LogP contribution >= 0.6 is 0 Å². The van der Waals surface area contributed by atoms with Crippen molar-refractivity contribution in [2.75, 3.05) is 0 Å². The van der Waals surface area contributed by atoms with Gasteiger partial charge in [0, 0.05) is 0 Å². The van der Waals surface area contributed by atoms with Gasteiger partial charge in [-0.15, -0.1) is 6.58 Å². The Labute approximate surface area is 155 Å². The van der Waals surface area contributed by atoms with Crippen LogP contribution in [-0.4, -0.2) is 0 Å². The van der Waals surface area contributed by atoms with Gasteiger partial charge in [-0.05, 0) is 99.9 Å². The molecule has 0 nitrogen and oxygen atoms in total. The molecule has 3 rings (SSSR count). The predicted molar refractivity (Wildman–Crippen MR) is 110 cm³/mol. The molecule has 0 unspecified atom stereocenters. The zero-order valence-electron chi connectivity index (χ0n) is 15.9. The Kier molecular flexibility index (Phi) is 7.39. The van der Waals surface area contributed by atoms with Crippen molar-refractivity contribution in [1.29, 1.82) is 0 Å². The molecule has 0 aromatic heterocycles. The maximum atomic E-state index is 3.80. The van der Waals surface area contributed by atoms with Gasteiger partial charge in [-0.25, -0.2) is 0 Å². The molecule has 25 heavy (non-hydrogen) atoms. The van der Waals surface area contributed by atoms with E-state index in [0.29, 0.717) is 0 Å². The van der Waals surface area contributed by atoms with Gasteiger partial charge in [-0.3, -0.25) is 0 Å². The van der Waals surface area contributed by atoms with Gasteiger partial charge in [0.2, 0.25) is 0 Å². The van der Waals surface area contributed by atoms with Crippen molar-refractivity contribution in [1.82, 2.24) is 0 Å². The zero-order valence-corrected chi connectivity index (χ0v) is 15.9. The average molecular weight is 337 g/mol. The van der Waals surface area contributed by atoms with Crippen LogP contribution in [-0.2, 0) is 6.42 Å². The Bertz CT molecular complexity index is 510. The Morgan fingerprint density at radius 3 is 2.08 bits per heavy atom. The van der Waals surface area contributed by atoms with Crippen LogP contribution in [0.2, 0.25) is 0 Å². The molecule has 0 radical (unpaired) electrons. The molecule has 1 aromatic rings. The quantitative estimate of drug-likeness (QED) is 0.360. The zero-order chi connectivity index (χ0) is 17.3. The van der Waals surface area contributed by atoms with Crippen molar-refractivity contribution in [3.05, 3.63) is 60.7 Å². The van der Waals surface area contributed by atoms with E-state index in [9.17, 15) is 0 Å². The van der Waals surface area contributed by atoms with Gasteiger partial charge in [0.05, 0.1) is 0 Å². The third-order valence-electron chi connectivity index (χ3n) is 6.69. The normalized spacial score (nSPS) is 30.4. The second-order valence-electron chi connectivity index (χ2n) is 8.44. The van der Waals surface area contributed by atoms with Crippen LogP contribution in [0, 0.1) is 23.7 Å². The van der Waals surface area contributed by atoms with Crippen LogP contribution in [0.5, 0.6) is 0 Å². The van der Waals surface area contributed by atoms with Gasteiger partial charge < -0.3 is 0 Å². The number of allylic oxidation sites excluding steroid dienone is 3. The van der Waals surface area contributed by atoms with Gasteiger partial charge in [-0.2, -0.15) is 0 Å². The van der Waals surface area contributed by atoms with Gasteiger partial charge in [-0.1, -0.05) is 48.6 Å². The van der Waals surface area contributed by atoms with Crippen LogP contribution in [0.1, 0.15) is 69.8 Å². The Morgan fingerprint density at radius 2 is 1.44 bits per heavy atom. The maximum Gasteiger partial charge on any atom is -0.0233 e. The highest BCUT2D eigenvalue weighted by molar-refractivity contribution is 5.15. The standard InChI is InChI=1S/C25H36/c1-2-3-4-6-9-21-12-16-24(17-13-21)25-18-14-23(15-19-25)20-22-10-7-5-8-11-22/h2,5-11,21,23-25H,1,3-4,12-20H2. The Morgan fingerprint density at radius 1 is 0.800 bits per heavy atom. The fraction of sp³-hybridized carbons (Fsp3) is 0.600. The van der Waals surface area contributed by atoms with E-state index in [1.165, 1.54) is 69.8 Å². The summed E-state index contributed by atoms with van der Waals surface area (Å²) in [4.78, 5) is 0. The molecule has 2 aliphatic carbocycles. The smallest absolute Gasteiger partial charge is 0.0233 e. The summed E-state index contributed by atoms with van der Waals surface area (Å²) in [5.41, 5.74) is 1.54. The fourth-order valence-corrected chi connectivity index (χ4v) is 5.12. The molecule has 2 aliphatic rings. The molecule has 0 bridgehead atoms. The van der Waals surface area contributed by atoms with E-state index in [2.05, 4.69) is 49.1 Å². The summed E-state index contributed by atoms with van der Waals surface area (Å²) in [6.45, 7) is 3.80. The summed E-state index contributed by atoms with van der Waals surface area (Å²) >= 11 is 0. The van der Waals surface area contributed by atoms with Crippen molar-refractivity contribution in [2.24, 2.45) is 23.7 Å². The van der Waals surface area contributed by atoms with E-state index in [-0.39, 0.29) is 0 Å². The van der Waals surface area contributed by atoms with Crippen molar-refractivity contribution in [3.63, 3.8) is 0 Å². The monoisotopic (exact) mass is 336 g/mol. The third-order valence-corrected chi connectivity index (χ3v) is 6.69. The van der Waals surface area contributed by atoms with E-state index >= 15 is 0 Å². The van der Waals surface area contributed by atoms with Crippen LogP contribution in [0.15, 0.2) is 55.1 Å².